The van der Waals surface area contributed by atoms with Crippen molar-refractivity contribution in [2.75, 3.05) is 6.61 Å². The fourth-order valence-corrected chi connectivity index (χ4v) is 4.16. The highest BCUT2D eigenvalue weighted by atomic mass is 16.6. The fourth-order valence-electron chi connectivity index (χ4n) is 4.16. The van der Waals surface area contributed by atoms with Crippen LogP contribution in [-0.2, 0) is 28.6 Å². The van der Waals surface area contributed by atoms with Crippen molar-refractivity contribution < 1.29 is 28.6 Å². The monoisotopic (exact) mass is 368 g/mol. The Morgan fingerprint density at radius 1 is 1.27 bits per heavy atom. The van der Waals surface area contributed by atoms with E-state index in [4.69, 9.17) is 14.2 Å². The number of hydrogen-bond acceptors (Lipinski definition) is 6. The summed E-state index contributed by atoms with van der Waals surface area (Å²) in [5, 5.41) is 0. The quantitative estimate of drug-likeness (QED) is 0.507. The zero-order chi connectivity index (χ0) is 19.6. The molecule has 1 aliphatic carbocycles. The molecule has 1 aliphatic heterocycles. The lowest BCUT2D eigenvalue weighted by Gasteiger charge is -2.37. The van der Waals surface area contributed by atoms with Crippen molar-refractivity contribution in [2.45, 2.75) is 73.0 Å². The molecule has 0 amide bonds. The first-order valence-corrected chi connectivity index (χ1v) is 9.67. The van der Waals surface area contributed by atoms with Gasteiger partial charge < -0.3 is 14.2 Å². The molecule has 0 aromatic rings. The molecule has 0 aromatic carbocycles. The highest BCUT2D eigenvalue weighted by Gasteiger charge is 2.56. The molecule has 0 aromatic heterocycles. The van der Waals surface area contributed by atoms with Crippen LogP contribution < -0.4 is 0 Å². The molecule has 148 valence electrons. The van der Waals surface area contributed by atoms with E-state index < -0.39 is 23.5 Å². The Morgan fingerprint density at radius 3 is 2.46 bits per heavy atom. The predicted octanol–water partition coefficient (Wildman–Crippen LogP) is 3.12. The summed E-state index contributed by atoms with van der Waals surface area (Å²) < 4.78 is 16.4. The molecule has 6 heteroatoms. The minimum absolute atomic E-state index is 0.113. The lowest BCUT2D eigenvalue weighted by Crippen LogP contribution is -2.47. The highest BCUT2D eigenvalue weighted by Crippen LogP contribution is 2.44. The van der Waals surface area contributed by atoms with Gasteiger partial charge in [0.1, 0.15) is 6.10 Å². The molecule has 5 unspecified atom stereocenters. The number of carbonyl (C=O) groups excluding carboxylic acids is 3. The highest BCUT2D eigenvalue weighted by molar-refractivity contribution is 5.80. The molecule has 1 saturated carbocycles. The van der Waals surface area contributed by atoms with E-state index in [0.29, 0.717) is 18.8 Å². The zero-order valence-electron chi connectivity index (χ0n) is 16.7. The van der Waals surface area contributed by atoms with Crippen LogP contribution in [0.3, 0.4) is 0 Å². The summed E-state index contributed by atoms with van der Waals surface area (Å²) in [5.74, 6) is -1.28. The smallest absolute Gasteiger partial charge is 0.312 e. The molecule has 0 radical (unpaired) electrons. The minimum Gasteiger partial charge on any atom is -0.466 e. The van der Waals surface area contributed by atoms with Crippen LogP contribution in [0.15, 0.2) is 0 Å². The van der Waals surface area contributed by atoms with Crippen molar-refractivity contribution in [1.29, 1.82) is 0 Å². The first-order chi connectivity index (χ1) is 12.1. The van der Waals surface area contributed by atoms with Crippen molar-refractivity contribution >= 4 is 17.9 Å². The van der Waals surface area contributed by atoms with Crippen LogP contribution >= 0.6 is 0 Å². The lowest BCUT2D eigenvalue weighted by atomic mass is 9.73. The molecule has 5 atom stereocenters. The number of fused-ring (bicyclic) bond motifs is 2. The topological polar surface area (TPSA) is 78.9 Å². The second-order valence-corrected chi connectivity index (χ2v) is 8.55. The Bertz CT molecular complexity index is 555. The summed E-state index contributed by atoms with van der Waals surface area (Å²) >= 11 is 0. The van der Waals surface area contributed by atoms with Crippen molar-refractivity contribution in [3.05, 3.63) is 0 Å². The maximum absolute atomic E-state index is 13.0. The van der Waals surface area contributed by atoms with Gasteiger partial charge in [-0.2, -0.15) is 0 Å². The largest absolute Gasteiger partial charge is 0.466 e. The van der Waals surface area contributed by atoms with E-state index in [9.17, 15) is 14.4 Å². The average molecular weight is 368 g/mol. The number of carbonyl (C=O) groups is 3. The molecular weight excluding hydrogens is 336 g/mol. The lowest BCUT2D eigenvalue weighted by molar-refractivity contribution is -0.189. The minimum atomic E-state index is -0.736. The molecule has 0 N–H and O–H groups in total. The first-order valence-electron chi connectivity index (χ1n) is 9.67. The number of rotatable bonds is 7. The zero-order valence-corrected chi connectivity index (χ0v) is 16.7. The van der Waals surface area contributed by atoms with Crippen LogP contribution in [0, 0.1) is 29.1 Å². The molecule has 6 nitrogen and oxygen atoms in total. The molecule has 2 rings (SSSR count). The van der Waals surface area contributed by atoms with Gasteiger partial charge >= 0.3 is 17.9 Å². The van der Waals surface area contributed by atoms with E-state index >= 15 is 0 Å². The summed E-state index contributed by atoms with van der Waals surface area (Å²) in [4.78, 5) is 37.1. The Balaban J connectivity index is 2.18. The molecule has 26 heavy (non-hydrogen) atoms. The normalized spacial score (nSPS) is 30.1. The van der Waals surface area contributed by atoms with Gasteiger partial charge in [0.25, 0.3) is 0 Å². The second kappa shape index (κ2) is 7.97. The van der Waals surface area contributed by atoms with Crippen molar-refractivity contribution in [3.8, 4) is 0 Å². The van der Waals surface area contributed by atoms with Crippen molar-refractivity contribution in [1.82, 2.24) is 0 Å². The van der Waals surface area contributed by atoms with Gasteiger partial charge in [0.15, 0.2) is 6.10 Å². The van der Waals surface area contributed by atoms with Gasteiger partial charge in [-0.15, -0.1) is 0 Å². The summed E-state index contributed by atoms with van der Waals surface area (Å²) in [6.07, 6.45) is 0.0366. The SMILES string of the molecule is CCOC(=O)C1CC2CC(=O)OC1C2OC(=O)C(C)(CC(C)C)C(C)C. The number of hydrogen-bond donors (Lipinski definition) is 0. The maximum atomic E-state index is 13.0. The van der Waals surface area contributed by atoms with Crippen molar-refractivity contribution in [2.24, 2.45) is 29.1 Å². The molecule has 2 bridgehead atoms. The van der Waals surface area contributed by atoms with Gasteiger partial charge in [0.05, 0.1) is 24.4 Å². The van der Waals surface area contributed by atoms with Gasteiger partial charge in [-0.3, -0.25) is 14.4 Å². The Morgan fingerprint density at radius 2 is 1.92 bits per heavy atom. The van der Waals surface area contributed by atoms with Gasteiger partial charge in [-0.05, 0) is 38.5 Å². The molecule has 1 heterocycles. The number of esters is 3. The first kappa shape index (κ1) is 20.7. The summed E-state index contributed by atoms with van der Waals surface area (Å²) in [5.41, 5.74) is -0.617. The standard InChI is InChI=1S/C20H32O6/c1-7-24-18(22)14-8-13-9-15(21)25-17(14)16(13)26-19(23)20(6,12(4)5)10-11(2)3/h11-14,16-17H,7-10H2,1-6H3. The summed E-state index contributed by atoms with van der Waals surface area (Å²) in [7, 11) is 0. The third kappa shape index (κ3) is 4.04. The molecule has 2 fully saturated rings. The van der Waals surface area contributed by atoms with Crippen LogP contribution in [0.4, 0.5) is 0 Å². The van der Waals surface area contributed by atoms with Crippen LogP contribution in [0.5, 0.6) is 0 Å². The van der Waals surface area contributed by atoms with E-state index in [1.165, 1.54) is 0 Å². The van der Waals surface area contributed by atoms with E-state index in [0.717, 1.165) is 0 Å². The van der Waals surface area contributed by atoms with Crippen LogP contribution in [0.2, 0.25) is 0 Å². The van der Waals surface area contributed by atoms with Crippen LogP contribution in [-0.4, -0.2) is 36.7 Å². The van der Waals surface area contributed by atoms with Gasteiger partial charge in [0.2, 0.25) is 0 Å². The van der Waals surface area contributed by atoms with Gasteiger partial charge in [0, 0.05) is 5.92 Å². The Hall–Kier alpha value is -1.59. The average Bonchev–Trinajstić information content (AvgIpc) is 2.74. The fraction of sp³-hybridized carbons (Fsp3) is 0.850. The summed E-state index contributed by atoms with van der Waals surface area (Å²) in [6, 6.07) is 0. The Kier molecular flexibility index (Phi) is 6.35. The second-order valence-electron chi connectivity index (χ2n) is 8.55. The van der Waals surface area contributed by atoms with Crippen LogP contribution in [0.25, 0.3) is 0 Å². The maximum Gasteiger partial charge on any atom is 0.312 e. The predicted molar refractivity (Wildman–Crippen MR) is 95.0 cm³/mol. The van der Waals surface area contributed by atoms with E-state index in [-0.39, 0.29) is 42.8 Å². The van der Waals surface area contributed by atoms with Crippen LogP contribution in [0.1, 0.15) is 60.8 Å². The molecule has 2 aliphatic rings. The van der Waals surface area contributed by atoms with Gasteiger partial charge in [-0.1, -0.05) is 27.7 Å². The number of ether oxygens (including phenoxy) is 3. The van der Waals surface area contributed by atoms with Gasteiger partial charge in [-0.25, -0.2) is 0 Å². The summed E-state index contributed by atoms with van der Waals surface area (Å²) in [6.45, 7) is 12.1. The molecule has 0 spiro atoms. The third-order valence-corrected chi connectivity index (χ3v) is 5.84. The molecular formula is C20H32O6. The Labute approximate surface area is 155 Å². The van der Waals surface area contributed by atoms with E-state index in [2.05, 4.69) is 13.8 Å². The third-order valence-electron chi connectivity index (χ3n) is 5.84. The van der Waals surface area contributed by atoms with E-state index in [1.54, 1.807) is 6.92 Å². The molecule has 1 saturated heterocycles. The van der Waals surface area contributed by atoms with Crippen molar-refractivity contribution in [3.63, 3.8) is 0 Å². The van der Waals surface area contributed by atoms with E-state index in [1.807, 2.05) is 20.8 Å².